The molecule has 0 N–H and O–H groups in total. The van der Waals surface area contributed by atoms with Crippen molar-refractivity contribution < 1.29 is 4.74 Å². The quantitative estimate of drug-likeness (QED) is 0.236. The highest BCUT2D eigenvalue weighted by Crippen LogP contribution is 2.15. The van der Waals surface area contributed by atoms with Crippen molar-refractivity contribution in [3.8, 4) is 0 Å². The highest BCUT2D eigenvalue weighted by atomic mass is 16.5. The van der Waals surface area contributed by atoms with Gasteiger partial charge in [-0.3, -0.25) is 0 Å². The molecule has 0 aromatic heterocycles. The minimum absolute atomic E-state index is 0.535. The second-order valence-corrected chi connectivity index (χ2v) is 6.96. The molecule has 0 saturated carbocycles. The van der Waals surface area contributed by atoms with E-state index in [9.17, 15) is 0 Å². The van der Waals surface area contributed by atoms with Gasteiger partial charge in [-0.05, 0) is 19.3 Å². The second-order valence-electron chi connectivity index (χ2n) is 6.96. The number of hydrogen-bond acceptors (Lipinski definition) is 1. The average Bonchev–Trinajstić information content (AvgIpc) is 2.53. The first-order valence-electron chi connectivity index (χ1n) is 10.5. The maximum Gasteiger partial charge on any atom is 0.0575 e. The lowest BCUT2D eigenvalue weighted by Crippen LogP contribution is -2.13. The minimum atomic E-state index is 0.535. The molecule has 0 aromatic carbocycles. The minimum Gasteiger partial charge on any atom is -0.378 e. The Morgan fingerprint density at radius 2 is 1.00 bits per heavy atom. The Balaban J connectivity index is 3.23. The number of hydrogen-bond donors (Lipinski definition) is 0. The van der Waals surface area contributed by atoms with Crippen LogP contribution in [0, 0.1) is 0 Å². The number of rotatable bonds is 18. The largest absolute Gasteiger partial charge is 0.378 e. The number of ether oxygens (including phenoxy) is 1. The molecule has 0 radical (unpaired) electrons. The lowest BCUT2D eigenvalue weighted by Gasteiger charge is -2.16. The lowest BCUT2D eigenvalue weighted by atomic mass is 10.0. The molecule has 0 saturated heterocycles. The van der Waals surface area contributed by atoms with Crippen molar-refractivity contribution in [3.63, 3.8) is 0 Å². The first-order chi connectivity index (χ1) is 10.8. The summed E-state index contributed by atoms with van der Waals surface area (Å²) in [5.41, 5.74) is 0. The first-order valence-corrected chi connectivity index (χ1v) is 10.5. The van der Waals surface area contributed by atoms with Crippen molar-refractivity contribution in [1.82, 2.24) is 0 Å². The third-order valence-corrected chi connectivity index (χ3v) is 4.55. The Bertz CT molecular complexity index is 190. The van der Waals surface area contributed by atoms with E-state index in [1.165, 1.54) is 96.3 Å². The van der Waals surface area contributed by atoms with Crippen LogP contribution in [0.2, 0.25) is 0 Å². The fourth-order valence-electron chi connectivity index (χ4n) is 3.13. The van der Waals surface area contributed by atoms with E-state index in [0.29, 0.717) is 6.10 Å². The molecule has 0 rings (SSSR count). The number of unbranched alkanes of at least 4 members (excludes halogenated alkanes) is 11. The fraction of sp³-hybridized carbons (Fsp3) is 1.00. The average molecular weight is 313 g/mol. The van der Waals surface area contributed by atoms with Gasteiger partial charge in [0.2, 0.25) is 0 Å². The van der Waals surface area contributed by atoms with Crippen LogP contribution < -0.4 is 0 Å². The van der Waals surface area contributed by atoms with E-state index >= 15 is 0 Å². The van der Waals surface area contributed by atoms with Gasteiger partial charge in [0.15, 0.2) is 0 Å². The van der Waals surface area contributed by atoms with Gasteiger partial charge in [-0.2, -0.15) is 0 Å². The molecule has 0 aliphatic rings. The SMILES string of the molecule is CCCCCCCCCCCCCCC(CCC)OCCC. The van der Waals surface area contributed by atoms with Gasteiger partial charge >= 0.3 is 0 Å². The van der Waals surface area contributed by atoms with Gasteiger partial charge in [-0.1, -0.05) is 104 Å². The fourth-order valence-corrected chi connectivity index (χ4v) is 3.13. The molecule has 0 amide bonds. The summed E-state index contributed by atoms with van der Waals surface area (Å²) in [5.74, 6) is 0. The van der Waals surface area contributed by atoms with Crippen molar-refractivity contribution >= 4 is 0 Å². The highest BCUT2D eigenvalue weighted by Gasteiger charge is 2.06. The summed E-state index contributed by atoms with van der Waals surface area (Å²) >= 11 is 0. The zero-order chi connectivity index (χ0) is 16.3. The van der Waals surface area contributed by atoms with Crippen molar-refractivity contribution in [2.45, 2.75) is 130 Å². The van der Waals surface area contributed by atoms with Crippen LogP contribution in [-0.4, -0.2) is 12.7 Å². The highest BCUT2D eigenvalue weighted by molar-refractivity contribution is 4.58. The van der Waals surface area contributed by atoms with Crippen molar-refractivity contribution in [1.29, 1.82) is 0 Å². The molecule has 0 spiro atoms. The first kappa shape index (κ1) is 22.0. The Morgan fingerprint density at radius 3 is 1.45 bits per heavy atom. The molecule has 134 valence electrons. The van der Waals surface area contributed by atoms with Gasteiger partial charge in [0, 0.05) is 6.61 Å². The lowest BCUT2D eigenvalue weighted by molar-refractivity contribution is 0.0398. The molecule has 0 heterocycles. The summed E-state index contributed by atoms with van der Waals surface area (Å²) < 4.78 is 5.93. The van der Waals surface area contributed by atoms with Crippen LogP contribution in [0.15, 0.2) is 0 Å². The Kier molecular flexibility index (Phi) is 19.0. The van der Waals surface area contributed by atoms with Crippen LogP contribution in [0.25, 0.3) is 0 Å². The molecule has 1 nitrogen and oxygen atoms in total. The Hall–Kier alpha value is -0.0400. The Labute approximate surface area is 141 Å². The van der Waals surface area contributed by atoms with Crippen LogP contribution in [0.5, 0.6) is 0 Å². The van der Waals surface area contributed by atoms with Crippen LogP contribution >= 0.6 is 0 Å². The molecule has 0 aliphatic carbocycles. The van der Waals surface area contributed by atoms with Crippen molar-refractivity contribution in [2.75, 3.05) is 6.61 Å². The monoisotopic (exact) mass is 312 g/mol. The standard InChI is InChI=1S/C21H44O/c1-4-7-8-9-10-11-12-13-14-15-16-17-19-21(18-5-2)22-20-6-3/h21H,4-20H2,1-3H3. The van der Waals surface area contributed by atoms with Crippen molar-refractivity contribution in [3.05, 3.63) is 0 Å². The van der Waals surface area contributed by atoms with Crippen LogP contribution in [0.3, 0.4) is 0 Å². The van der Waals surface area contributed by atoms with E-state index in [1.54, 1.807) is 0 Å². The third-order valence-electron chi connectivity index (χ3n) is 4.55. The van der Waals surface area contributed by atoms with Crippen LogP contribution in [0.4, 0.5) is 0 Å². The molecule has 1 heteroatoms. The van der Waals surface area contributed by atoms with E-state index in [1.807, 2.05) is 0 Å². The normalized spacial score (nSPS) is 12.7. The van der Waals surface area contributed by atoms with Gasteiger partial charge in [0.25, 0.3) is 0 Å². The summed E-state index contributed by atoms with van der Waals surface area (Å²) in [6.07, 6.45) is 22.7. The predicted molar refractivity (Wildman–Crippen MR) is 101 cm³/mol. The zero-order valence-corrected chi connectivity index (χ0v) is 16.0. The smallest absolute Gasteiger partial charge is 0.0575 e. The van der Waals surface area contributed by atoms with E-state index in [-0.39, 0.29) is 0 Å². The van der Waals surface area contributed by atoms with Gasteiger partial charge in [-0.25, -0.2) is 0 Å². The van der Waals surface area contributed by atoms with Gasteiger partial charge in [-0.15, -0.1) is 0 Å². The molecule has 0 aliphatic heterocycles. The molecule has 22 heavy (non-hydrogen) atoms. The molecular formula is C21H44O. The molecule has 1 unspecified atom stereocenters. The summed E-state index contributed by atoms with van der Waals surface area (Å²) in [5, 5.41) is 0. The summed E-state index contributed by atoms with van der Waals surface area (Å²) in [7, 11) is 0. The van der Waals surface area contributed by atoms with Crippen LogP contribution in [0.1, 0.15) is 124 Å². The molecule has 1 atom stereocenters. The predicted octanol–water partition coefficient (Wildman–Crippen LogP) is 7.67. The molecular weight excluding hydrogens is 268 g/mol. The maximum atomic E-state index is 5.93. The van der Waals surface area contributed by atoms with E-state index in [0.717, 1.165) is 13.0 Å². The van der Waals surface area contributed by atoms with Gasteiger partial charge in [0.1, 0.15) is 0 Å². The van der Waals surface area contributed by atoms with Gasteiger partial charge < -0.3 is 4.74 Å². The zero-order valence-electron chi connectivity index (χ0n) is 16.0. The van der Waals surface area contributed by atoms with E-state index in [4.69, 9.17) is 4.74 Å². The van der Waals surface area contributed by atoms with Crippen molar-refractivity contribution in [2.24, 2.45) is 0 Å². The molecule has 0 fully saturated rings. The second kappa shape index (κ2) is 19.0. The van der Waals surface area contributed by atoms with E-state index < -0.39 is 0 Å². The summed E-state index contributed by atoms with van der Waals surface area (Å²) in [6.45, 7) is 7.71. The topological polar surface area (TPSA) is 9.23 Å². The van der Waals surface area contributed by atoms with Crippen LogP contribution in [-0.2, 0) is 4.74 Å². The molecule has 0 bridgehead atoms. The third kappa shape index (κ3) is 16.3. The summed E-state index contributed by atoms with van der Waals surface area (Å²) in [6, 6.07) is 0. The summed E-state index contributed by atoms with van der Waals surface area (Å²) in [4.78, 5) is 0. The Morgan fingerprint density at radius 1 is 0.500 bits per heavy atom. The van der Waals surface area contributed by atoms with E-state index in [2.05, 4.69) is 20.8 Å². The molecule has 0 aromatic rings. The maximum absolute atomic E-state index is 5.93. The van der Waals surface area contributed by atoms with Gasteiger partial charge in [0.05, 0.1) is 6.10 Å².